The number of halogens is 3. The summed E-state index contributed by atoms with van der Waals surface area (Å²) in [6, 6.07) is 9.80. The zero-order valence-corrected chi connectivity index (χ0v) is 22.6. The van der Waals surface area contributed by atoms with Gasteiger partial charge in [0.2, 0.25) is 21.8 Å². The number of hydrogen-bond donors (Lipinski definition) is 1. The van der Waals surface area contributed by atoms with E-state index in [9.17, 15) is 18.0 Å². The summed E-state index contributed by atoms with van der Waals surface area (Å²) in [4.78, 5) is 27.8. The van der Waals surface area contributed by atoms with Crippen LogP contribution in [0.1, 0.15) is 38.2 Å². The molecule has 35 heavy (non-hydrogen) atoms. The summed E-state index contributed by atoms with van der Waals surface area (Å²) in [5, 5.41) is 4.20. The number of sulfonamides is 1. The van der Waals surface area contributed by atoms with Gasteiger partial charge in [-0.05, 0) is 61.7 Å². The van der Waals surface area contributed by atoms with E-state index in [0.717, 1.165) is 30.0 Å². The first-order valence-electron chi connectivity index (χ1n) is 11.2. The number of likely N-dealkylation sites (N-methyl/N-ethyl adjacent to an activating group) is 1. The van der Waals surface area contributed by atoms with Gasteiger partial charge >= 0.3 is 0 Å². The van der Waals surface area contributed by atoms with E-state index in [4.69, 9.17) is 34.8 Å². The van der Waals surface area contributed by atoms with Crippen molar-refractivity contribution >= 4 is 56.6 Å². The van der Waals surface area contributed by atoms with Crippen molar-refractivity contribution in [2.45, 2.75) is 56.1 Å². The molecule has 1 atom stereocenters. The first-order chi connectivity index (χ1) is 16.5. The molecule has 0 radical (unpaired) electrons. The third-order valence-corrected chi connectivity index (χ3v) is 8.76. The molecule has 0 aliphatic heterocycles. The molecule has 2 amide bonds. The molecule has 0 bridgehead atoms. The van der Waals surface area contributed by atoms with Crippen molar-refractivity contribution in [1.82, 2.24) is 14.5 Å². The van der Waals surface area contributed by atoms with Gasteiger partial charge in [0.25, 0.3) is 0 Å². The molecule has 11 heteroatoms. The van der Waals surface area contributed by atoms with Crippen LogP contribution in [0.15, 0.2) is 47.4 Å². The average Bonchev–Trinajstić information content (AvgIpc) is 3.31. The van der Waals surface area contributed by atoms with Crippen LogP contribution in [-0.4, -0.2) is 55.1 Å². The highest BCUT2D eigenvalue weighted by Gasteiger charge is 2.31. The summed E-state index contributed by atoms with van der Waals surface area (Å²) in [7, 11) is -2.63. The molecule has 1 aliphatic rings. The van der Waals surface area contributed by atoms with Gasteiger partial charge in [-0.15, -0.1) is 0 Å². The van der Waals surface area contributed by atoms with E-state index in [1.165, 1.54) is 36.2 Å². The summed E-state index contributed by atoms with van der Waals surface area (Å²) >= 11 is 18.2. The molecule has 0 saturated heterocycles. The SMILES string of the molecule is CC(C(=O)NC1CCCC1)N(Cc1ccc(Cl)cc1Cl)C(=O)CN(C)S(=O)(=O)c1ccc(Cl)cc1. The van der Waals surface area contributed by atoms with Crippen molar-refractivity contribution in [2.75, 3.05) is 13.6 Å². The van der Waals surface area contributed by atoms with E-state index in [1.807, 2.05) is 0 Å². The number of rotatable bonds is 9. The molecule has 1 N–H and O–H groups in total. The fourth-order valence-electron chi connectivity index (χ4n) is 3.96. The number of carbonyl (C=O) groups excluding carboxylic acids is 2. The average molecular weight is 561 g/mol. The number of hydrogen-bond acceptors (Lipinski definition) is 4. The van der Waals surface area contributed by atoms with Crippen molar-refractivity contribution < 1.29 is 18.0 Å². The van der Waals surface area contributed by atoms with Crippen LogP contribution in [0.2, 0.25) is 15.1 Å². The normalized spacial score (nSPS) is 15.3. The lowest BCUT2D eigenvalue weighted by Gasteiger charge is -2.31. The van der Waals surface area contributed by atoms with E-state index in [2.05, 4.69) is 5.32 Å². The molecule has 3 rings (SSSR count). The second kappa shape index (κ2) is 11.9. The van der Waals surface area contributed by atoms with Crippen molar-refractivity contribution in [3.8, 4) is 0 Å². The van der Waals surface area contributed by atoms with Crippen LogP contribution in [0.25, 0.3) is 0 Å². The predicted molar refractivity (Wildman–Crippen MR) is 138 cm³/mol. The second-order valence-electron chi connectivity index (χ2n) is 8.64. The molecule has 2 aromatic carbocycles. The summed E-state index contributed by atoms with van der Waals surface area (Å²) in [6.45, 7) is 1.18. The zero-order chi connectivity index (χ0) is 25.8. The third-order valence-electron chi connectivity index (χ3n) is 6.10. The first kappa shape index (κ1) is 27.7. The Labute approximate surface area is 221 Å². The van der Waals surface area contributed by atoms with Gasteiger partial charge in [0.1, 0.15) is 6.04 Å². The van der Waals surface area contributed by atoms with Crippen LogP contribution in [0.5, 0.6) is 0 Å². The third kappa shape index (κ3) is 7.11. The summed E-state index contributed by atoms with van der Waals surface area (Å²) in [5.41, 5.74) is 0.591. The van der Waals surface area contributed by atoms with E-state index in [-0.39, 0.29) is 23.4 Å². The maximum atomic E-state index is 13.4. The quantitative estimate of drug-likeness (QED) is 0.480. The molecule has 0 aromatic heterocycles. The highest BCUT2D eigenvalue weighted by molar-refractivity contribution is 7.89. The molecule has 190 valence electrons. The molecule has 1 fully saturated rings. The predicted octanol–water partition coefficient (Wildman–Crippen LogP) is 4.74. The van der Waals surface area contributed by atoms with Gasteiger partial charge in [-0.25, -0.2) is 8.42 Å². The molecule has 2 aromatic rings. The lowest BCUT2D eigenvalue weighted by molar-refractivity contribution is -0.140. The summed E-state index contributed by atoms with van der Waals surface area (Å²) in [5.74, 6) is -0.830. The Kier molecular flexibility index (Phi) is 9.46. The lowest BCUT2D eigenvalue weighted by atomic mass is 10.1. The smallest absolute Gasteiger partial charge is 0.243 e. The Morgan fingerprint density at radius 3 is 2.23 bits per heavy atom. The lowest BCUT2D eigenvalue weighted by Crippen LogP contribution is -2.52. The number of nitrogens with zero attached hydrogens (tertiary/aromatic N) is 2. The summed E-state index contributed by atoms with van der Waals surface area (Å²) in [6.07, 6.45) is 3.90. The van der Waals surface area contributed by atoms with Gasteiger partial charge in [-0.1, -0.05) is 53.7 Å². The van der Waals surface area contributed by atoms with Crippen LogP contribution in [0, 0.1) is 0 Å². The number of benzene rings is 2. The number of nitrogens with one attached hydrogen (secondary N) is 1. The molecular formula is C24H28Cl3N3O4S. The molecule has 0 spiro atoms. The maximum Gasteiger partial charge on any atom is 0.243 e. The van der Waals surface area contributed by atoms with Gasteiger partial charge in [-0.3, -0.25) is 9.59 Å². The zero-order valence-electron chi connectivity index (χ0n) is 19.5. The topological polar surface area (TPSA) is 86.8 Å². The largest absolute Gasteiger partial charge is 0.352 e. The first-order valence-corrected chi connectivity index (χ1v) is 13.8. The second-order valence-corrected chi connectivity index (χ2v) is 12.0. The Hall–Kier alpha value is -1.84. The van der Waals surface area contributed by atoms with Crippen LogP contribution in [0.4, 0.5) is 0 Å². The molecule has 1 saturated carbocycles. The Bertz CT molecular complexity index is 1170. The van der Waals surface area contributed by atoms with Gasteiger partial charge in [0, 0.05) is 34.7 Å². The monoisotopic (exact) mass is 559 g/mol. The molecule has 1 aliphatic carbocycles. The Morgan fingerprint density at radius 2 is 1.63 bits per heavy atom. The fourth-order valence-corrected chi connectivity index (χ4v) is 5.68. The number of carbonyl (C=O) groups is 2. The minimum absolute atomic E-state index is 0.0107. The van der Waals surface area contributed by atoms with Crippen molar-refractivity contribution in [2.24, 2.45) is 0 Å². The van der Waals surface area contributed by atoms with Crippen molar-refractivity contribution in [3.63, 3.8) is 0 Å². The molecule has 7 nitrogen and oxygen atoms in total. The van der Waals surface area contributed by atoms with Gasteiger partial charge < -0.3 is 10.2 Å². The van der Waals surface area contributed by atoms with Crippen LogP contribution < -0.4 is 5.32 Å². The van der Waals surface area contributed by atoms with Crippen molar-refractivity contribution in [1.29, 1.82) is 0 Å². The standard InChI is InChI=1S/C24H28Cl3N3O4S/c1-16(24(32)28-20-5-3-4-6-20)30(14-17-7-8-19(26)13-22(17)27)23(31)15-29(2)35(33,34)21-11-9-18(25)10-12-21/h7-13,16,20H,3-6,14-15H2,1-2H3,(H,28,32). The van der Waals surface area contributed by atoms with Crippen LogP contribution in [-0.2, 0) is 26.2 Å². The minimum atomic E-state index is -3.95. The van der Waals surface area contributed by atoms with Crippen LogP contribution in [0.3, 0.4) is 0 Å². The van der Waals surface area contributed by atoms with E-state index in [1.54, 1.807) is 25.1 Å². The van der Waals surface area contributed by atoms with Gasteiger partial charge in [-0.2, -0.15) is 4.31 Å². The minimum Gasteiger partial charge on any atom is -0.352 e. The number of amides is 2. The molecular weight excluding hydrogens is 533 g/mol. The van der Waals surface area contributed by atoms with Crippen molar-refractivity contribution in [3.05, 3.63) is 63.1 Å². The van der Waals surface area contributed by atoms with E-state index in [0.29, 0.717) is 20.6 Å². The van der Waals surface area contributed by atoms with Gasteiger partial charge in [0.05, 0.1) is 11.4 Å². The summed E-state index contributed by atoms with van der Waals surface area (Å²) < 4.78 is 26.9. The van der Waals surface area contributed by atoms with Gasteiger partial charge in [0.15, 0.2) is 0 Å². The highest BCUT2D eigenvalue weighted by atomic mass is 35.5. The Balaban J connectivity index is 1.82. The van der Waals surface area contributed by atoms with E-state index >= 15 is 0 Å². The fraction of sp³-hybridized carbons (Fsp3) is 0.417. The highest BCUT2D eigenvalue weighted by Crippen LogP contribution is 2.24. The Morgan fingerprint density at radius 1 is 1.03 bits per heavy atom. The molecule has 0 heterocycles. The van der Waals surface area contributed by atoms with Crippen LogP contribution >= 0.6 is 34.8 Å². The van der Waals surface area contributed by atoms with E-state index < -0.39 is 28.5 Å². The maximum absolute atomic E-state index is 13.4. The molecule has 1 unspecified atom stereocenters.